The number of benzene rings is 1. The number of nitrogens with one attached hydrogen (secondary N) is 1. The Balaban J connectivity index is 1.52. The van der Waals surface area contributed by atoms with Gasteiger partial charge >= 0.3 is 0 Å². The van der Waals surface area contributed by atoms with Crippen molar-refractivity contribution in [3.8, 4) is 16.9 Å². The molecular formula is C25H26ClN3O4S. The zero-order valence-electron chi connectivity index (χ0n) is 19.1. The molecule has 2 amide bonds. The molecule has 1 N–H and O–H groups in total. The Morgan fingerprint density at radius 1 is 1.26 bits per heavy atom. The van der Waals surface area contributed by atoms with Gasteiger partial charge in [0.25, 0.3) is 5.91 Å². The third-order valence-corrected chi connectivity index (χ3v) is 7.69. The lowest BCUT2D eigenvalue weighted by atomic mass is 10.0. The number of fused-ring (bicyclic) bond motifs is 1. The number of carbonyl (C=O) groups excluding carboxylic acids is 2. The smallest absolute Gasteiger partial charge is 0.259 e. The van der Waals surface area contributed by atoms with Crippen LogP contribution < -0.4 is 10.1 Å². The molecule has 2 aromatic heterocycles. The summed E-state index contributed by atoms with van der Waals surface area (Å²) < 4.78 is 12.6. The van der Waals surface area contributed by atoms with Gasteiger partial charge in [-0.25, -0.2) is 0 Å². The number of methoxy groups -OCH3 is 1. The Morgan fingerprint density at radius 2 is 2.12 bits per heavy atom. The van der Waals surface area contributed by atoms with Gasteiger partial charge in [0.2, 0.25) is 5.91 Å². The van der Waals surface area contributed by atoms with Gasteiger partial charge in [0.15, 0.2) is 0 Å². The molecule has 2 fully saturated rings. The summed E-state index contributed by atoms with van der Waals surface area (Å²) in [6, 6.07) is 7.76. The van der Waals surface area contributed by atoms with Crippen LogP contribution in [0.2, 0.25) is 5.02 Å². The minimum atomic E-state index is -0.695. The summed E-state index contributed by atoms with van der Waals surface area (Å²) in [4.78, 5) is 31.5. The number of likely N-dealkylation sites (tertiary alicyclic amines) is 1. The topological polar surface area (TPSA) is 80.8 Å². The number of imide groups is 1. The molecule has 0 unspecified atom stereocenters. The van der Waals surface area contributed by atoms with Gasteiger partial charge in [0.1, 0.15) is 18.0 Å². The largest absolute Gasteiger partial charge is 0.488 e. The van der Waals surface area contributed by atoms with E-state index in [1.165, 1.54) is 23.3 Å². The average Bonchev–Trinajstić information content (AvgIpc) is 3.36. The van der Waals surface area contributed by atoms with Crippen LogP contribution in [0.25, 0.3) is 21.3 Å². The normalized spacial score (nSPS) is 21.0. The predicted molar refractivity (Wildman–Crippen MR) is 132 cm³/mol. The molecule has 2 atom stereocenters. The van der Waals surface area contributed by atoms with E-state index >= 15 is 0 Å². The van der Waals surface area contributed by atoms with Crippen molar-refractivity contribution in [1.82, 2.24) is 15.2 Å². The van der Waals surface area contributed by atoms with Crippen molar-refractivity contribution in [1.29, 1.82) is 0 Å². The maximum Gasteiger partial charge on any atom is 0.259 e. The van der Waals surface area contributed by atoms with Gasteiger partial charge in [-0.2, -0.15) is 0 Å². The van der Waals surface area contributed by atoms with Crippen molar-refractivity contribution in [2.75, 3.05) is 20.2 Å². The van der Waals surface area contributed by atoms with E-state index in [0.717, 1.165) is 63.5 Å². The first kappa shape index (κ1) is 23.2. The lowest BCUT2D eigenvalue weighted by Crippen LogP contribution is -2.37. The molecule has 5 rings (SSSR count). The molecule has 2 aliphatic rings. The Bertz CT molecular complexity index is 1250. The summed E-state index contributed by atoms with van der Waals surface area (Å²) in [6.07, 6.45) is 3.34. The Labute approximate surface area is 207 Å². The van der Waals surface area contributed by atoms with Crippen LogP contribution in [0.4, 0.5) is 0 Å². The zero-order valence-corrected chi connectivity index (χ0v) is 20.7. The number of halogens is 1. The van der Waals surface area contributed by atoms with Crippen molar-refractivity contribution < 1.29 is 19.1 Å². The van der Waals surface area contributed by atoms with Gasteiger partial charge in [-0.05, 0) is 56.1 Å². The number of amides is 2. The number of rotatable bonds is 6. The molecule has 0 saturated carbocycles. The second-order valence-electron chi connectivity index (χ2n) is 8.72. The number of pyridine rings is 1. The van der Waals surface area contributed by atoms with Crippen LogP contribution in [0.3, 0.4) is 0 Å². The molecule has 4 heterocycles. The Hall–Kier alpha value is -2.52. The molecule has 2 aliphatic heterocycles. The summed E-state index contributed by atoms with van der Waals surface area (Å²) in [6.45, 7) is 4.05. The van der Waals surface area contributed by atoms with Gasteiger partial charge in [-0.1, -0.05) is 11.6 Å². The number of thiophene rings is 1. The molecule has 178 valence electrons. The van der Waals surface area contributed by atoms with Crippen LogP contribution in [0, 0.1) is 6.92 Å². The summed E-state index contributed by atoms with van der Waals surface area (Å²) in [7, 11) is 1.45. The highest BCUT2D eigenvalue weighted by atomic mass is 35.5. The fourth-order valence-electron chi connectivity index (χ4n) is 4.61. The number of aryl methyl sites for hydroxylation is 1. The van der Waals surface area contributed by atoms with Gasteiger partial charge in [0.05, 0.1) is 23.2 Å². The number of hydrogen-bond acceptors (Lipinski definition) is 7. The van der Waals surface area contributed by atoms with Crippen LogP contribution in [-0.4, -0.2) is 54.1 Å². The Morgan fingerprint density at radius 3 is 2.85 bits per heavy atom. The third-order valence-electron chi connectivity index (χ3n) is 6.33. The van der Waals surface area contributed by atoms with Gasteiger partial charge in [-0.15, -0.1) is 11.3 Å². The molecule has 1 aromatic carbocycles. The van der Waals surface area contributed by atoms with E-state index < -0.39 is 6.10 Å². The van der Waals surface area contributed by atoms with E-state index in [4.69, 9.17) is 21.1 Å². The zero-order chi connectivity index (χ0) is 23.8. The number of carbonyl (C=O) groups is 2. The van der Waals surface area contributed by atoms with Crippen molar-refractivity contribution in [2.24, 2.45) is 0 Å². The monoisotopic (exact) mass is 499 g/mol. The summed E-state index contributed by atoms with van der Waals surface area (Å²) in [5, 5.41) is 4.04. The molecule has 9 heteroatoms. The van der Waals surface area contributed by atoms with Crippen LogP contribution in [0.5, 0.6) is 5.75 Å². The predicted octanol–water partition coefficient (Wildman–Crippen LogP) is 4.33. The molecule has 0 aliphatic carbocycles. The minimum Gasteiger partial charge on any atom is -0.488 e. The fourth-order valence-corrected chi connectivity index (χ4v) is 6.01. The number of ether oxygens (including phenoxy) is 2. The molecule has 0 radical (unpaired) electrons. The van der Waals surface area contributed by atoms with Crippen LogP contribution in [0.1, 0.15) is 29.7 Å². The van der Waals surface area contributed by atoms with Gasteiger partial charge in [0, 0.05) is 40.9 Å². The van der Waals surface area contributed by atoms with Crippen LogP contribution >= 0.6 is 22.9 Å². The van der Waals surface area contributed by atoms with Gasteiger partial charge < -0.3 is 14.8 Å². The van der Waals surface area contributed by atoms with Crippen molar-refractivity contribution in [3.05, 3.63) is 45.9 Å². The first-order valence-corrected chi connectivity index (χ1v) is 12.6. The van der Waals surface area contributed by atoms with Crippen LogP contribution in [-0.2, 0) is 20.9 Å². The SMILES string of the molecule is CO[C@@H]1CC(=O)N(Cc2cc3nccc(-c4cc(Cl)cc(C)c4O[C@H]4CCCNC4)c3s2)C1=O. The van der Waals surface area contributed by atoms with Crippen molar-refractivity contribution >= 4 is 45.0 Å². The second kappa shape index (κ2) is 9.62. The highest BCUT2D eigenvalue weighted by Crippen LogP contribution is 2.42. The van der Waals surface area contributed by atoms with Crippen molar-refractivity contribution in [3.63, 3.8) is 0 Å². The van der Waals surface area contributed by atoms with E-state index in [0.29, 0.717) is 5.02 Å². The van der Waals surface area contributed by atoms with E-state index in [-0.39, 0.29) is 30.9 Å². The average molecular weight is 500 g/mol. The molecule has 0 spiro atoms. The van der Waals surface area contributed by atoms with Gasteiger partial charge in [-0.3, -0.25) is 19.5 Å². The van der Waals surface area contributed by atoms with Crippen LogP contribution in [0.15, 0.2) is 30.5 Å². The molecular weight excluding hydrogens is 474 g/mol. The maximum absolute atomic E-state index is 12.5. The molecule has 34 heavy (non-hydrogen) atoms. The number of piperidine rings is 1. The van der Waals surface area contributed by atoms with E-state index in [2.05, 4.69) is 10.3 Å². The summed E-state index contributed by atoms with van der Waals surface area (Å²) >= 11 is 7.99. The Kier molecular flexibility index (Phi) is 6.57. The van der Waals surface area contributed by atoms with E-state index in [1.54, 1.807) is 6.20 Å². The van der Waals surface area contributed by atoms with E-state index in [1.807, 2.05) is 31.2 Å². The number of hydrogen-bond donors (Lipinski definition) is 1. The fraction of sp³-hybridized carbons (Fsp3) is 0.400. The first-order valence-electron chi connectivity index (χ1n) is 11.4. The highest BCUT2D eigenvalue weighted by Gasteiger charge is 2.38. The maximum atomic E-state index is 12.5. The second-order valence-corrected chi connectivity index (χ2v) is 10.3. The lowest BCUT2D eigenvalue weighted by Gasteiger charge is -2.26. The standard InChI is InChI=1S/C25H26ClN3O4S/c1-14-8-15(26)9-19(23(14)33-16-4-3-6-27-12-16)18-5-7-28-20-10-17(34-24(18)20)13-29-22(30)11-21(32-2)25(29)31/h5,7-10,16,21,27H,3-4,6,11-13H2,1-2H3/t16-,21+/m0/s1. The third kappa shape index (κ3) is 4.43. The minimum absolute atomic E-state index is 0.0856. The highest BCUT2D eigenvalue weighted by molar-refractivity contribution is 7.19. The number of nitrogens with zero attached hydrogens (tertiary/aromatic N) is 2. The first-order chi connectivity index (χ1) is 16.4. The lowest BCUT2D eigenvalue weighted by molar-refractivity contribution is -0.141. The molecule has 2 saturated heterocycles. The quantitative estimate of drug-likeness (QED) is 0.508. The van der Waals surface area contributed by atoms with Crippen molar-refractivity contribution in [2.45, 2.75) is 44.9 Å². The summed E-state index contributed by atoms with van der Waals surface area (Å²) in [5.74, 6) is 0.318. The molecule has 7 nitrogen and oxygen atoms in total. The number of aromatic nitrogens is 1. The molecule has 0 bridgehead atoms. The van der Waals surface area contributed by atoms with E-state index in [9.17, 15) is 9.59 Å². The molecule has 3 aromatic rings. The summed E-state index contributed by atoms with van der Waals surface area (Å²) in [5.41, 5.74) is 3.68.